The Balaban J connectivity index is 1.82. The van der Waals surface area contributed by atoms with E-state index < -0.39 is 0 Å². The Morgan fingerprint density at radius 3 is 2.70 bits per heavy atom. The quantitative estimate of drug-likeness (QED) is 0.922. The lowest BCUT2D eigenvalue weighted by molar-refractivity contribution is 0.0498. The third kappa shape index (κ3) is 3.56. The Kier molecular flexibility index (Phi) is 4.66. The first kappa shape index (κ1) is 15.6. The number of hydrogen-bond acceptors (Lipinski definition) is 5. The van der Waals surface area contributed by atoms with E-state index in [0.29, 0.717) is 24.8 Å². The normalized spacial score (nSPS) is 17.0. The molecule has 0 aromatic carbocycles. The maximum absolute atomic E-state index is 12.5. The highest BCUT2D eigenvalue weighted by Crippen LogP contribution is 2.29. The number of aryl methyl sites for hydroxylation is 2. The zero-order valence-corrected chi connectivity index (χ0v) is 13.4. The van der Waals surface area contributed by atoms with Crippen LogP contribution >= 0.6 is 0 Å². The zero-order chi connectivity index (χ0) is 16.2. The Hall–Kier alpha value is -2.28. The summed E-state index contributed by atoms with van der Waals surface area (Å²) in [7, 11) is 1.94. The molecule has 1 fully saturated rings. The third-order valence-corrected chi connectivity index (χ3v) is 4.17. The maximum Gasteiger partial charge on any atom is 0.272 e. The Bertz CT molecular complexity index is 661. The lowest BCUT2D eigenvalue weighted by atomic mass is 9.91. The van der Waals surface area contributed by atoms with Gasteiger partial charge in [-0.15, -0.1) is 0 Å². The third-order valence-electron chi connectivity index (χ3n) is 4.17. The van der Waals surface area contributed by atoms with Gasteiger partial charge in [-0.1, -0.05) is 0 Å². The molecule has 23 heavy (non-hydrogen) atoms. The van der Waals surface area contributed by atoms with E-state index in [9.17, 15) is 4.79 Å². The predicted molar refractivity (Wildman–Crippen MR) is 83.7 cm³/mol. The Labute approximate surface area is 135 Å². The highest BCUT2D eigenvalue weighted by atomic mass is 16.5. The van der Waals surface area contributed by atoms with Crippen molar-refractivity contribution in [3.8, 4) is 0 Å². The Morgan fingerprint density at radius 1 is 1.30 bits per heavy atom. The molecule has 3 heterocycles. The molecule has 1 atom stereocenters. The molecule has 7 heteroatoms. The highest BCUT2D eigenvalue weighted by molar-refractivity contribution is 5.92. The van der Waals surface area contributed by atoms with Gasteiger partial charge in [-0.05, 0) is 25.7 Å². The second-order valence-electron chi connectivity index (χ2n) is 5.84. The van der Waals surface area contributed by atoms with Crippen molar-refractivity contribution < 1.29 is 9.53 Å². The summed E-state index contributed by atoms with van der Waals surface area (Å²) in [5.41, 5.74) is 1.11. The minimum Gasteiger partial charge on any atom is -0.381 e. The van der Waals surface area contributed by atoms with E-state index in [1.165, 1.54) is 6.20 Å². The van der Waals surface area contributed by atoms with E-state index in [1.807, 2.05) is 24.7 Å². The zero-order valence-electron chi connectivity index (χ0n) is 13.4. The van der Waals surface area contributed by atoms with Gasteiger partial charge in [0.15, 0.2) is 0 Å². The van der Waals surface area contributed by atoms with Gasteiger partial charge >= 0.3 is 0 Å². The minimum atomic E-state index is -0.225. The number of carbonyl (C=O) groups excluding carboxylic acids is 1. The maximum atomic E-state index is 12.5. The topological polar surface area (TPSA) is 81.9 Å². The molecule has 1 saturated heterocycles. The number of nitrogens with zero attached hydrogens (tertiary/aromatic N) is 4. The van der Waals surface area contributed by atoms with E-state index in [2.05, 4.69) is 20.3 Å². The lowest BCUT2D eigenvalue weighted by Gasteiger charge is -2.30. The number of nitrogens with one attached hydrogen (secondary N) is 1. The molecule has 0 bridgehead atoms. The van der Waals surface area contributed by atoms with E-state index in [1.54, 1.807) is 12.4 Å². The standard InChI is InChI=1S/C16H21N5O2/c1-11-9-19-13(10-18-11)16(22)20-14(12-3-7-23-8-4-12)15-17-5-6-21(15)2/h5-6,9-10,12,14H,3-4,7-8H2,1-2H3,(H,20,22)/t14-/m0/s1. The van der Waals surface area contributed by atoms with E-state index in [0.717, 1.165) is 24.4 Å². The number of carbonyl (C=O) groups is 1. The molecule has 1 aliphatic heterocycles. The van der Waals surface area contributed by atoms with E-state index in [-0.39, 0.29) is 11.9 Å². The molecule has 0 aliphatic carbocycles. The number of hydrogen-bond donors (Lipinski definition) is 1. The minimum absolute atomic E-state index is 0.158. The van der Waals surface area contributed by atoms with Crippen molar-refractivity contribution in [2.45, 2.75) is 25.8 Å². The molecule has 0 unspecified atom stereocenters. The van der Waals surface area contributed by atoms with Crippen molar-refractivity contribution in [2.24, 2.45) is 13.0 Å². The van der Waals surface area contributed by atoms with Crippen LogP contribution in [0.25, 0.3) is 0 Å². The van der Waals surface area contributed by atoms with Gasteiger partial charge in [0, 0.05) is 38.9 Å². The average molecular weight is 315 g/mol. The first-order chi connectivity index (χ1) is 11.1. The van der Waals surface area contributed by atoms with Gasteiger partial charge in [0.2, 0.25) is 0 Å². The van der Waals surface area contributed by atoms with Crippen LogP contribution in [0.4, 0.5) is 0 Å². The average Bonchev–Trinajstić information content (AvgIpc) is 2.99. The highest BCUT2D eigenvalue weighted by Gasteiger charge is 2.30. The fraction of sp³-hybridized carbons (Fsp3) is 0.500. The fourth-order valence-electron chi connectivity index (χ4n) is 2.84. The molecular weight excluding hydrogens is 294 g/mol. The summed E-state index contributed by atoms with van der Waals surface area (Å²) in [6, 6.07) is -0.158. The first-order valence-electron chi connectivity index (χ1n) is 7.79. The lowest BCUT2D eigenvalue weighted by Crippen LogP contribution is -2.37. The van der Waals surface area contributed by atoms with Crippen LogP contribution in [0.5, 0.6) is 0 Å². The summed E-state index contributed by atoms with van der Waals surface area (Å²) in [6.07, 6.45) is 8.54. The van der Waals surface area contributed by atoms with Crippen molar-refractivity contribution in [2.75, 3.05) is 13.2 Å². The molecule has 0 radical (unpaired) electrons. The molecule has 0 saturated carbocycles. The number of ether oxygens (including phenoxy) is 1. The number of imidazole rings is 1. The molecule has 1 aliphatic rings. The second kappa shape index (κ2) is 6.87. The molecule has 122 valence electrons. The smallest absolute Gasteiger partial charge is 0.272 e. The SMILES string of the molecule is Cc1cnc(C(=O)N[C@H](c2nccn2C)C2CCOCC2)cn1. The summed E-state index contributed by atoms with van der Waals surface area (Å²) in [5.74, 6) is 0.925. The summed E-state index contributed by atoms with van der Waals surface area (Å²) < 4.78 is 7.38. The number of amides is 1. The number of aromatic nitrogens is 4. The molecule has 0 spiro atoms. The van der Waals surface area contributed by atoms with Crippen molar-refractivity contribution in [1.29, 1.82) is 0 Å². The summed E-state index contributed by atoms with van der Waals surface area (Å²) >= 11 is 0. The van der Waals surface area contributed by atoms with Gasteiger partial charge in [0.25, 0.3) is 5.91 Å². The van der Waals surface area contributed by atoms with Gasteiger partial charge in [-0.3, -0.25) is 9.78 Å². The second-order valence-corrected chi connectivity index (χ2v) is 5.84. The molecule has 7 nitrogen and oxygen atoms in total. The van der Waals surface area contributed by atoms with Gasteiger partial charge < -0.3 is 14.6 Å². The Morgan fingerprint density at radius 2 is 2.09 bits per heavy atom. The van der Waals surface area contributed by atoms with Crippen LogP contribution in [0.15, 0.2) is 24.8 Å². The largest absolute Gasteiger partial charge is 0.381 e. The molecular formula is C16H21N5O2. The predicted octanol–water partition coefficient (Wildman–Crippen LogP) is 1.42. The summed E-state index contributed by atoms with van der Waals surface area (Å²) in [5, 5.41) is 3.09. The van der Waals surface area contributed by atoms with Crippen molar-refractivity contribution in [1.82, 2.24) is 24.8 Å². The monoisotopic (exact) mass is 315 g/mol. The van der Waals surface area contributed by atoms with Crippen LogP contribution in [0.3, 0.4) is 0 Å². The van der Waals surface area contributed by atoms with Crippen LogP contribution in [-0.2, 0) is 11.8 Å². The van der Waals surface area contributed by atoms with Crippen LogP contribution in [0.2, 0.25) is 0 Å². The van der Waals surface area contributed by atoms with Crippen LogP contribution < -0.4 is 5.32 Å². The van der Waals surface area contributed by atoms with Crippen molar-refractivity contribution in [3.05, 3.63) is 42.0 Å². The molecule has 1 amide bonds. The van der Waals surface area contributed by atoms with E-state index in [4.69, 9.17) is 4.74 Å². The van der Waals surface area contributed by atoms with Crippen LogP contribution in [0.1, 0.15) is 40.9 Å². The first-order valence-corrected chi connectivity index (χ1v) is 7.79. The van der Waals surface area contributed by atoms with Crippen molar-refractivity contribution >= 4 is 5.91 Å². The van der Waals surface area contributed by atoms with Crippen LogP contribution in [0, 0.1) is 12.8 Å². The van der Waals surface area contributed by atoms with E-state index >= 15 is 0 Å². The van der Waals surface area contributed by atoms with Crippen molar-refractivity contribution in [3.63, 3.8) is 0 Å². The summed E-state index contributed by atoms with van der Waals surface area (Å²) in [4.78, 5) is 25.2. The van der Waals surface area contributed by atoms with Crippen LogP contribution in [-0.4, -0.2) is 38.6 Å². The van der Waals surface area contributed by atoms with Gasteiger partial charge in [0.05, 0.1) is 17.9 Å². The van der Waals surface area contributed by atoms with Gasteiger partial charge in [-0.2, -0.15) is 0 Å². The fourth-order valence-corrected chi connectivity index (χ4v) is 2.84. The number of rotatable bonds is 4. The molecule has 2 aromatic rings. The summed E-state index contributed by atoms with van der Waals surface area (Å²) in [6.45, 7) is 3.27. The van der Waals surface area contributed by atoms with Gasteiger partial charge in [0.1, 0.15) is 11.5 Å². The molecule has 2 aromatic heterocycles. The molecule has 3 rings (SSSR count). The van der Waals surface area contributed by atoms with Gasteiger partial charge in [-0.25, -0.2) is 9.97 Å². The molecule has 1 N–H and O–H groups in total.